The number of rotatable bonds is 6. The molecule has 11 aromatic carbocycles. The molecule has 0 aliphatic carbocycles. The molecule has 15 rings (SSSR count). The van der Waals surface area contributed by atoms with E-state index in [2.05, 4.69) is 216 Å². The molecule has 0 bridgehead atoms. The van der Waals surface area contributed by atoms with Crippen LogP contribution < -0.4 is 9.80 Å². The fourth-order valence-corrected chi connectivity index (χ4v) is 13.2. The van der Waals surface area contributed by atoms with Gasteiger partial charge in [-0.1, -0.05) is 121 Å². The van der Waals surface area contributed by atoms with Gasteiger partial charge in [0.05, 0.1) is 20.8 Å². The van der Waals surface area contributed by atoms with Gasteiger partial charge in [-0.05, 0) is 119 Å². The first-order valence-electron chi connectivity index (χ1n) is 22.9. The van der Waals surface area contributed by atoms with E-state index in [0.29, 0.717) is 0 Å². The lowest BCUT2D eigenvalue weighted by Crippen LogP contribution is -2.10. The lowest BCUT2D eigenvalue weighted by Gasteiger charge is -2.25. The summed E-state index contributed by atoms with van der Waals surface area (Å²) in [5.74, 6) is 0. The molecule has 318 valence electrons. The Labute approximate surface area is 397 Å². The SMILES string of the molecule is c1ccc(N(c2ccc3cc4c(cc3c2)sc2c4ccc3c4cc5ccc(N(c6ccccc6)c6cccc7c6oc6ccccc67)cc5cc4sc32)c2cccc3c2oc2ccccc23)cc1. The molecule has 0 aliphatic rings. The number of anilines is 6. The summed E-state index contributed by atoms with van der Waals surface area (Å²) in [6, 6.07) is 78.7. The second kappa shape index (κ2) is 14.5. The summed E-state index contributed by atoms with van der Waals surface area (Å²) < 4.78 is 18.4. The molecule has 0 saturated carbocycles. The molecular formula is C62H36N2O2S2. The lowest BCUT2D eigenvalue weighted by molar-refractivity contribution is 0.668. The zero-order valence-electron chi connectivity index (χ0n) is 36.3. The molecule has 0 aliphatic heterocycles. The summed E-state index contributed by atoms with van der Waals surface area (Å²) in [5.41, 5.74) is 9.88. The van der Waals surface area contributed by atoms with E-state index in [1.165, 1.54) is 61.9 Å². The molecule has 0 amide bonds. The number of fused-ring (bicyclic) bond motifs is 15. The quantitative estimate of drug-likeness (QED) is 0.166. The number of nitrogens with zero attached hydrogens (tertiary/aromatic N) is 2. The van der Waals surface area contributed by atoms with Crippen LogP contribution in [0.4, 0.5) is 34.1 Å². The largest absolute Gasteiger partial charge is 0.454 e. The highest BCUT2D eigenvalue weighted by Crippen LogP contribution is 2.49. The zero-order valence-corrected chi connectivity index (χ0v) is 37.9. The minimum absolute atomic E-state index is 0.879. The van der Waals surface area contributed by atoms with Crippen molar-refractivity contribution < 1.29 is 8.83 Å². The number of hydrogen-bond donors (Lipinski definition) is 0. The average molecular weight is 905 g/mol. The Hall–Kier alpha value is -8.42. The molecule has 68 heavy (non-hydrogen) atoms. The topological polar surface area (TPSA) is 32.8 Å². The van der Waals surface area contributed by atoms with Crippen molar-refractivity contribution in [2.75, 3.05) is 9.80 Å². The molecule has 4 heterocycles. The number of furan rings is 2. The summed E-state index contributed by atoms with van der Waals surface area (Å²) in [7, 11) is 0. The highest BCUT2D eigenvalue weighted by Gasteiger charge is 2.22. The molecule has 0 unspecified atom stereocenters. The van der Waals surface area contributed by atoms with Crippen molar-refractivity contribution in [1.29, 1.82) is 0 Å². The van der Waals surface area contributed by atoms with E-state index in [1.807, 2.05) is 34.8 Å². The predicted molar refractivity (Wildman–Crippen MR) is 291 cm³/mol. The van der Waals surface area contributed by atoms with E-state index in [0.717, 1.165) is 78.0 Å². The van der Waals surface area contributed by atoms with Crippen molar-refractivity contribution in [2.45, 2.75) is 0 Å². The minimum Gasteiger partial charge on any atom is -0.454 e. The van der Waals surface area contributed by atoms with Crippen LogP contribution in [0, 0.1) is 0 Å². The maximum atomic E-state index is 6.59. The molecular weight excluding hydrogens is 869 g/mol. The number of hydrogen-bond acceptors (Lipinski definition) is 6. The molecule has 0 atom stereocenters. The predicted octanol–water partition coefficient (Wildman–Crippen LogP) is 19.5. The standard InChI is InChI=1S/C62H36N2O2S2/c1-3-13-41(14-4-1)63(53-21-11-19-47-45-17-7-9-23-55(45)65-59(47)53)43-27-25-37-33-51-49-29-30-50-52-34-38-26-28-44(32-40(38)36-58(52)68-62(50)61(49)67-57(51)35-39(37)31-43)64(42-15-5-2-6-16-42)54-22-12-20-48-46-18-8-10-24-56(46)66-60(48)54/h1-36H. The van der Waals surface area contributed by atoms with E-state index in [-0.39, 0.29) is 0 Å². The van der Waals surface area contributed by atoms with E-state index >= 15 is 0 Å². The van der Waals surface area contributed by atoms with Crippen LogP contribution in [-0.4, -0.2) is 0 Å². The van der Waals surface area contributed by atoms with Crippen molar-refractivity contribution in [2.24, 2.45) is 0 Å². The third-order valence-corrected chi connectivity index (χ3v) is 16.3. The molecule has 0 fully saturated rings. The molecule has 15 aromatic rings. The van der Waals surface area contributed by atoms with Crippen molar-refractivity contribution >= 4 is 163 Å². The molecule has 4 aromatic heterocycles. The van der Waals surface area contributed by atoms with Gasteiger partial charge in [-0.25, -0.2) is 0 Å². The minimum atomic E-state index is 0.879. The van der Waals surface area contributed by atoms with Gasteiger partial charge in [-0.15, -0.1) is 22.7 Å². The fourth-order valence-electron chi connectivity index (χ4n) is 10.6. The van der Waals surface area contributed by atoms with Crippen LogP contribution in [0.2, 0.25) is 0 Å². The van der Waals surface area contributed by atoms with Gasteiger partial charge in [-0.3, -0.25) is 0 Å². The van der Waals surface area contributed by atoms with Crippen LogP contribution in [-0.2, 0) is 0 Å². The molecule has 0 radical (unpaired) electrons. The smallest absolute Gasteiger partial charge is 0.159 e. The first-order valence-corrected chi connectivity index (χ1v) is 24.5. The van der Waals surface area contributed by atoms with Gasteiger partial charge in [0.15, 0.2) is 11.2 Å². The van der Waals surface area contributed by atoms with Crippen LogP contribution >= 0.6 is 22.7 Å². The Morgan fingerprint density at radius 2 is 0.706 bits per heavy atom. The number of benzene rings is 11. The van der Waals surface area contributed by atoms with E-state index in [4.69, 9.17) is 8.83 Å². The van der Waals surface area contributed by atoms with E-state index in [9.17, 15) is 0 Å². The Morgan fingerprint density at radius 3 is 1.18 bits per heavy atom. The summed E-state index contributed by atoms with van der Waals surface area (Å²) in [6.45, 7) is 0. The highest BCUT2D eigenvalue weighted by molar-refractivity contribution is 7.33. The van der Waals surface area contributed by atoms with Gasteiger partial charge in [0.2, 0.25) is 0 Å². The van der Waals surface area contributed by atoms with Gasteiger partial charge < -0.3 is 18.6 Å². The van der Waals surface area contributed by atoms with Gasteiger partial charge in [0.1, 0.15) is 11.2 Å². The van der Waals surface area contributed by atoms with Crippen molar-refractivity contribution in [1.82, 2.24) is 0 Å². The Kier molecular flexibility index (Phi) is 8.07. The molecule has 4 nitrogen and oxygen atoms in total. The normalized spacial score (nSPS) is 12.1. The van der Waals surface area contributed by atoms with Gasteiger partial charge in [-0.2, -0.15) is 0 Å². The van der Waals surface area contributed by atoms with Crippen molar-refractivity contribution in [3.05, 3.63) is 218 Å². The van der Waals surface area contributed by atoms with Gasteiger partial charge in [0, 0.05) is 75.2 Å². The highest BCUT2D eigenvalue weighted by atomic mass is 32.1. The van der Waals surface area contributed by atoms with Gasteiger partial charge in [0.25, 0.3) is 0 Å². The van der Waals surface area contributed by atoms with E-state index in [1.54, 1.807) is 0 Å². The van der Waals surface area contributed by atoms with Crippen molar-refractivity contribution in [3.63, 3.8) is 0 Å². The Balaban J connectivity index is 0.856. The maximum Gasteiger partial charge on any atom is 0.159 e. The number of thiophene rings is 2. The second-order valence-electron chi connectivity index (χ2n) is 17.6. The zero-order chi connectivity index (χ0) is 44.5. The van der Waals surface area contributed by atoms with Crippen LogP contribution in [0.3, 0.4) is 0 Å². The molecule has 0 spiro atoms. The van der Waals surface area contributed by atoms with Crippen LogP contribution in [0.5, 0.6) is 0 Å². The van der Waals surface area contributed by atoms with Gasteiger partial charge >= 0.3 is 0 Å². The first kappa shape index (κ1) is 37.8. The average Bonchev–Trinajstić information content (AvgIpc) is 4.16. The summed E-state index contributed by atoms with van der Waals surface area (Å²) in [6.07, 6.45) is 0. The molecule has 0 saturated heterocycles. The molecule has 6 heteroatoms. The Bertz CT molecular complexity index is 4230. The summed E-state index contributed by atoms with van der Waals surface area (Å²) in [4.78, 5) is 4.65. The van der Waals surface area contributed by atoms with Crippen LogP contribution in [0.25, 0.3) is 106 Å². The lowest BCUT2D eigenvalue weighted by atomic mass is 10.0. The third kappa shape index (κ3) is 5.65. The monoisotopic (exact) mass is 904 g/mol. The Morgan fingerprint density at radius 1 is 0.279 bits per heavy atom. The van der Waals surface area contributed by atoms with E-state index < -0.39 is 0 Å². The summed E-state index contributed by atoms with van der Waals surface area (Å²) in [5, 5.41) is 14.5. The number of para-hydroxylation sites is 6. The maximum absolute atomic E-state index is 6.59. The summed E-state index contributed by atoms with van der Waals surface area (Å²) >= 11 is 3.81. The van der Waals surface area contributed by atoms with Crippen molar-refractivity contribution in [3.8, 4) is 0 Å². The van der Waals surface area contributed by atoms with Crippen LogP contribution in [0.1, 0.15) is 0 Å². The first-order chi connectivity index (χ1) is 33.7. The fraction of sp³-hybridized carbons (Fsp3) is 0. The van der Waals surface area contributed by atoms with Crippen LogP contribution in [0.15, 0.2) is 227 Å². The second-order valence-corrected chi connectivity index (χ2v) is 19.7. The molecule has 0 N–H and O–H groups in total. The third-order valence-electron chi connectivity index (χ3n) is 13.8.